The fourth-order valence-corrected chi connectivity index (χ4v) is 2.00. The smallest absolute Gasteiger partial charge is 0.249 e. The minimum atomic E-state index is -3.71. The molecule has 0 amide bonds. The van der Waals surface area contributed by atoms with E-state index in [1.165, 1.54) is 6.92 Å². The molecule has 0 aliphatic rings. The van der Waals surface area contributed by atoms with E-state index < -0.39 is 10.0 Å². The van der Waals surface area contributed by atoms with Gasteiger partial charge in [0.2, 0.25) is 10.0 Å². The van der Waals surface area contributed by atoms with E-state index >= 15 is 0 Å². The lowest BCUT2D eigenvalue weighted by Gasteiger charge is -1.86. The van der Waals surface area contributed by atoms with Gasteiger partial charge in [-0.05, 0) is 0 Å². The average Bonchev–Trinajstić information content (AvgIpc) is 2.30. The lowest BCUT2D eigenvalue weighted by atomic mass is 10.5. The molecule has 12 heavy (non-hydrogen) atoms. The molecule has 0 saturated heterocycles. The van der Waals surface area contributed by atoms with Crippen LogP contribution in [0.1, 0.15) is 16.7 Å². The van der Waals surface area contributed by atoms with E-state index in [0.717, 1.165) is 17.5 Å². The highest BCUT2D eigenvalue weighted by Gasteiger charge is 2.14. The summed E-state index contributed by atoms with van der Waals surface area (Å²) in [4.78, 5) is 14.3. The molecule has 2 N–H and O–H groups in total. The van der Waals surface area contributed by atoms with Crippen molar-refractivity contribution in [2.45, 2.75) is 11.1 Å². The van der Waals surface area contributed by atoms with Gasteiger partial charge in [0.15, 0.2) is 15.0 Å². The van der Waals surface area contributed by atoms with Crippen LogP contribution >= 0.6 is 11.3 Å². The Morgan fingerprint density at radius 3 is 2.50 bits per heavy atom. The highest BCUT2D eigenvalue weighted by atomic mass is 32.2. The quantitative estimate of drug-likeness (QED) is 0.689. The molecule has 1 heterocycles. The van der Waals surface area contributed by atoms with E-state index in [4.69, 9.17) is 5.14 Å². The summed E-state index contributed by atoms with van der Waals surface area (Å²) in [7, 11) is -3.71. The standard InChI is InChI=1S/C5H6N2O3S2/c1-3(8)5-7-2-4(11-5)12(6,9)10/h2H,1H3,(H2,6,9,10). The molecule has 1 rings (SSSR count). The van der Waals surface area contributed by atoms with Crippen LogP contribution in [0.2, 0.25) is 0 Å². The number of carbonyl (C=O) groups is 1. The Bertz CT molecular complexity index is 406. The zero-order valence-corrected chi connectivity index (χ0v) is 7.78. The molecule has 5 nitrogen and oxygen atoms in total. The molecule has 0 aliphatic heterocycles. The van der Waals surface area contributed by atoms with Crippen molar-refractivity contribution in [3.63, 3.8) is 0 Å². The van der Waals surface area contributed by atoms with E-state index in [0.29, 0.717) is 0 Å². The van der Waals surface area contributed by atoms with Crippen molar-refractivity contribution >= 4 is 27.1 Å². The minimum Gasteiger partial charge on any atom is -0.292 e. The van der Waals surface area contributed by atoms with E-state index in [1.54, 1.807) is 0 Å². The molecule has 0 spiro atoms. The van der Waals surface area contributed by atoms with Gasteiger partial charge in [0.25, 0.3) is 0 Å². The summed E-state index contributed by atoms with van der Waals surface area (Å²) in [6, 6.07) is 0. The SMILES string of the molecule is CC(=O)c1ncc(S(N)(=O)=O)s1. The van der Waals surface area contributed by atoms with Crippen LogP contribution in [0.15, 0.2) is 10.4 Å². The van der Waals surface area contributed by atoms with Gasteiger partial charge in [0, 0.05) is 6.92 Å². The number of sulfonamides is 1. The number of nitrogens with two attached hydrogens (primary N) is 1. The third-order valence-corrected chi connectivity index (χ3v) is 3.57. The first-order chi connectivity index (χ1) is 5.41. The zero-order valence-electron chi connectivity index (χ0n) is 6.14. The molecule has 1 aromatic rings. The second-order valence-corrected chi connectivity index (χ2v) is 4.90. The lowest BCUT2D eigenvalue weighted by molar-refractivity contribution is 0.101. The maximum absolute atomic E-state index is 10.7. The van der Waals surface area contributed by atoms with Gasteiger partial charge in [-0.25, -0.2) is 18.5 Å². The van der Waals surface area contributed by atoms with Crippen LogP contribution in [0.3, 0.4) is 0 Å². The molecular weight excluding hydrogens is 200 g/mol. The van der Waals surface area contributed by atoms with Crippen LogP contribution in [-0.4, -0.2) is 19.2 Å². The molecule has 0 unspecified atom stereocenters. The first-order valence-electron chi connectivity index (χ1n) is 2.91. The number of carbonyl (C=O) groups excluding carboxylic acids is 1. The average molecular weight is 206 g/mol. The highest BCUT2D eigenvalue weighted by molar-refractivity contribution is 7.91. The third-order valence-electron chi connectivity index (χ3n) is 1.07. The number of primary sulfonamides is 1. The molecule has 0 aromatic carbocycles. The highest BCUT2D eigenvalue weighted by Crippen LogP contribution is 2.16. The summed E-state index contributed by atoms with van der Waals surface area (Å²) >= 11 is 0.774. The molecule has 1 aromatic heterocycles. The third kappa shape index (κ3) is 1.87. The fraction of sp³-hybridized carbons (Fsp3) is 0.200. The van der Waals surface area contributed by atoms with Crippen molar-refractivity contribution in [2.75, 3.05) is 0 Å². The predicted octanol–water partition coefficient (Wildman–Crippen LogP) is -0.00690. The van der Waals surface area contributed by atoms with Crippen LogP contribution in [0.5, 0.6) is 0 Å². The molecule has 0 atom stereocenters. The minimum absolute atomic E-state index is 0.0901. The lowest BCUT2D eigenvalue weighted by Crippen LogP contribution is -2.09. The monoisotopic (exact) mass is 206 g/mol. The molecule has 0 bridgehead atoms. The molecule has 7 heteroatoms. The molecule has 66 valence electrons. The number of rotatable bonds is 2. The zero-order chi connectivity index (χ0) is 9.35. The summed E-state index contributed by atoms with van der Waals surface area (Å²) in [6.07, 6.45) is 1.08. The first-order valence-corrected chi connectivity index (χ1v) is 5.27. The van der Waals surface area contributed by atoms with Gasteiger partial charge >= 0.3 is 0 Å². The second kappa shape index (κ2) is 2.92. The Morgan fingerprint density at radius 1 is 1.67 bits per heavy atom. The maximum Gasteiger partial charge on any atom is 0.249 e. The molecular formula is C5H6N2O3S2. The normalized spacial score (nSPS) is 11.5. The Labute approximate surface area is 73.3 Å². The number of hydrogen-bond acceptors (Lipinski definition) is 5. The van der Waals surface area contributed by atoms with Gasteiger partial charge in [0.05, 0.1) is 6.20 Å². The summed E-state index contributed by atoms with van der Waals surface area (Å²) in [5, 5.41) is 4.95. The fourth-order valence-electron chi connectivity index (χ4n) is 0.554. The molecule has 0 saturated carbocycles. The summed E-state index contributed by atoms with van der Waals surface area (Å²) in [5.74, 6) is -0.269. The van der Waals surface area contributed by atoms with Crippen molar-refractivity contribution in [2.24, 2.45) is 5.14 Å². The Hall–Kier alpha value is -0.790. The number of nitrogens with zero attached hydrogens (tertiary/aromatic N) is 1. The topological polar surface area (TPSA) is 90.1 Å². The Morgan fingerprint density at radius 2 is 2.25 bits per heavy atom. The Kier molecular flexibility index (Phi) is 2.27. The van der Waals surface area contributed by atoms with Crippen molar-refractivity contribution in [3.8, 4) is 0 Å². The number of ketones is 1. The summed E-state index contributed by atoms with van der Waals surface area (Å²) in [6.45, 7) is 1.31. The molecule has 0 fully saturated rings. The van der Waals surface area contributed by atoms with Gasteiger partial charge in [0.1, 0.15) is 0 Å². The number of Topliss-reactive ketones (excluding diaryl/α,β-unsaturated/α-hetero) is 1. The van der Waals surface area contributed by atoms with E-state index in [-0.39, 0.29) is 15.0 Å². The van der Waals surface area contributed by atoms with Gasteiger partial charge in [-0.1, -0.05) is 11.3 Å². The van der Waals surface area contributed by atoms with Crippen molar-refractivity contribution in [3.05, 3.63) is 11.2 Å². The van der Waals surface area contributed by atoms with Gasteiger partial charge in [-0.15, -0.1) is 0 Å². The van der Waals surface area contributed by atoms with Crippen molar-refractivity contribution in [1.82, 2.24) is 4.98 Å². The first kappa shape index (κ1) is 9.30. The number of thiazole rings is 1. The van der Waals surface area contributed by atoms with Crippen LogP contribution < -0.4 is 5.14 Å². The second-order valence-electron chi connectivity index (χ2n) is 2.09. The van der Waals surface area contributed by atoms with Crippen LogP contribution in [0, 0.1) is 0 Å². The van der Waals surface area contributed by atoms with Gasteiger partial charge < -0.3 is 0 Å². The molecule has 0 aliphatic carbocycles. The summed E-state index contributed by atoms with van der Waals surface area (Å²) < 4.78 is 21.3. The van der Waals surface area contributed by atoms with Gasteiger partial charge in [-0.3, -0.25) is 4.79 Å². The Balaban J connectivity index is 3.17. The predicted molar refractivity (Wildman–Crippen MR) is 43.5 cm³/mol. The van der Waals surface area contributed by atoms with Crippen molar-refractivity contribution < 1.29 is 13.2 Å². The molecule has 0 radical (unpaired) electrons. The van der Waals surface area contributed by atoms with Crippen LogP contribution in [0.25, 0.3) is 0 Å². The van der Waals surface area contributed by atoms with E-state index in [2.05, 4.69) is 4.98 Å². The maximum atomic E-state index is 10.7. The van der Waals surface area contributed by atoms with Gasteiger partial charge in [-0.2, -0.15) is 0 Å². The van der Waals surface area contributed by atoms with Crippen molar-refractivity contribution in [1.29, 1.82) is 0 Å². The van der Waals surface area contributed by atoms with E-state index in [1.807, 2.05) is 0 Å². The summed E-state index contributed by atoms with van der Waals surface area (Å²) in [5.41, 5.74) is 0. The number of hydrogen-bond donors (Lipinski definition) is 1. The number of aromatic nitrogens is 1. The van der Waals surface area contributed by atoms with Crippen LogP contribution in [0.4, 0.5) is 0 Å². The largest absolute Gasteiger partial charge is 0.292 e. The van der Waals surface area contributed by atoms with Crippen LogP contribution in [-0.2, 0) is 10.0 Å². The van der Waals surface area contributed by atoms with E-state index in [9.17, 15) is 13.2 Å².